The number of hydrogen-bond donors (Lipinski definition) is 1. The molecule has 0 aliphatic rings. The summed E-state index contributed by atoms with van der Waals surface area (Å²) in [6.07, 6.45) is 7.79. The zero-order valence-corrected chi connectivity index (χ0v) is 11.6. The molecule has 0 aliphatic carbocycles. The van der Waals surface area contributed by atoms with Crippen molar-refractivity contribution in [3.63, 3.8) is 0 Å². The van der Waals surface area contributed by atoms with E-state index in [-0.39, 0.29) is 0 Å². The molecule has 1 N–H and O–H groups in total. The Morgan fingerprint density at radius 2 is 1.83 bits per heavy atom. The lowest BCUT2D eigenvalue weighted by molar-refractivity contribution is 0.617. The summed E-state index contributed by atoms with van der Waals surface area (Å²) in [7, 11) is 0. The van der Waals surface area contributed by atoms with E-state index in [2.05, 4.69) is 18.3 Å². The SMILES string of the molecule is CCCCCCCCNc1c(C)cccc1C#N. The lowest BCUT2D eigenvalue weighted by atomic mass is 10.1. The Hall–Kier alpha value is -1.49. The molecule has 0 saturated heterocycles. The van der Waals surface area contributed by atoms with E-state index in [1.54, 1.807) is 0 Å². The fourth-order valence-corrected chi connectivity index (χ4v) is 2.11. The molecule has 0 aromatic heterocycles. The first kappa shape index (κ1) is 14.6. The molecule has 0 radical (unpaired) electrons. The highest BCUT2D eigenvalue weighted by Crippen LogP contribution is 2.19. The van der Waals surface area contributed by atoms with Crippen molar-refractivity contribution in [1.29, 1.82) is 5.26 Å². The van der Waals surface area contributed by atoms with Crippen LogP contribution in [0.15, 0.2) is 18.2 Å². The van der Waals surface area contributed by atoms with Crippen molar-refractivity contribution in [1.82, 2.24) is 0 Å². The maximum Gasteiger partial charge on any atom is 0.101 e. The van der Waals surface area contributed by atoms with Gasteiger partial charge in [0.05, 0.1) is 11.3 Å². The second-order valence-corrected chi connectivity index (χ2v) is 4.80. The molecule has 1 aromatic rings. The van der Waals surface area contributed by atoms with Crippen molar-refractivity contribution in [3.05, 3.63) is 29.3 Å². The Kier molecular flexibility index (Phi) is 6.94. The van der Waals surface area contributed by atoms with Gasteiger partial charge in [0, 0.05) is 6.54 Å². The van der Waals surface area contributed by atoms with Crippen LogP contribution >= 0.6 is 0 Å². The van der Waals surface area contributed by atoms with Gasteiger partial charge in [0.1, 0.15) is 6.07 Å². The minimum absolute atomic E-state index is 0.751. The van der Waals surface area contributed by atoms with E-state index < -0.39 is 0 Å². The number of rotatable bonds is 8. The first-order valence-corrected chi connectivity index (χ1v) is 7.03. The van der Waals surface area contributed by atoms with Crippen LogP contribution in [0.5, 0.6) is 0 Å². The minimum Gasteiger partial charge on any atom is -0.384 e. The summed E-state index contributed by atoms with van der Waals surface area (Å²) in [4.78, 5) is 0. The van der Waals surface area contributed by atoms with Gasteiger partial charge in [-0.1, -0.05) is 51.2 Å². The zero-order chi connectivity index (χ0) is 13.2. The van der Waals surface area contributed by atoms with Crippen molar-refractivity contribution < 1.29 is 0 Å². The summed E-state index contributed by atoms with van der Waals surface area (Å²) in [6.45, 7) is 5.25. The highest BCUT2D eigenvalue weighted by molar-refractivity contribution is 5.62. The minimum atomic E-state index is 0.751. The first-order chi connectivity index (χ1) is 8.79. The van der Waals surface area contributed by atoms with Crippen molar-refractivity contribution >= 4 is 5.69 Å². The fourth-order valence-electron chi connectivity index (χ4n) is 2.11. The Morgan fingerprint density at radius 3 is 2.56 bits per heavy atom. The summed E-state index contributed by atoms with van der Waals surface area (Å²) in [5, 5.41) is 12.5. The summed E-state index contributed by atoms with van der Waals surface area (Å²) in [5.74, 6) is 0. The molecule has 0 aliphatic heterocycles. The van der Waals surface area contributed by atoms with Crippen LogP contribution in [-0.4, -0.2) is 6.54 Å². The number of para-hydroxylation sites is 1. The van der Waals surface area contributed by atoms with E-state index in [1.165, 1.54) is 38.5 Å². The topological polar surface area (TPSA) is 35.8 Å². The summed E-state index contributed by atoms with van der Waals surface area (Å²) in [6, 6.07) is 8.09. The summed E-state index contributed by atoms with van der Waals surface area (Å²) >= 11 is 0. The van der Waals surface area contributed by atoms with Gasteiger partial charge >= 0.3 is 0 Å². The number of nitrogens with zero attached hydrogens (tertiary/aromatic N) is 1. The largest absolute Gasteiger partial charge is 0.384 e. The number of nitrogens with one attached hydrogen (secondary N) is 1. The lowest BCUT2D eigenvalue weighted by Crippen LogP contribution is -2.04. The highest BCUT2D eigenvalue weighted by atomic mass is 14.9. The van der Waals surface area contributed by atoms with Gasteiger partial charge in [-0.05, 0) is 25.0 Å². The third kappa shape index (κ3) is 4.79. The van der Waals surface area contributed by atoms with E-state index in [4.69, 9.17) is 5.26 Å². The second kappa shape index (κ2) is 8.58. The molecule has 18 heavy (non-hydrogen) atoms. The second-order valence-electron chi connectivity index (χ2n) is 4.80. The molecule has 0 spiro atoms. The number of unbranched alkanes of at least 4 members (excludes halogenated alkanes) is 5. The fraction of sp³-hybridized carbons (Fsp3) is 0.562. The molecule has 1 aromatic carbocycles. The summed E-state index contributed by atoms with van der Waals surface area (Å²) < 4.78 is 0. The van der Waals surface area contributed by atoms with Gasteiger partial charge in [-0.2, -0.15) is 5.26 Å². The van der Waals surface area contributed by atoms with Crippen molar-refractivity contribution in [3.8, 4) is 6.07 Å². The molecular weight excluding hydrogens is 220 g/mol. The van der Waals surface area contributed by atoms with Gasteiger partial charge < -0.3 is 5.32 Å². The van der Waals surface area contributed by atoms with Crippen LogP contribution in [0.4, 0.5) is 5.69 Å². The monoisotopic (exact) mass is 244 g/mol. The Balaban J connectivity index is 2.29. The molecule has 0 heterocycles. The molecule has 0 saturated carbocycles. The van der Waals surface area contributed by atoms with Crippen LogP contribution in [0.1, 0.15) is 56.6 Å². The molecule has 2 nitrogen and oxygen atoms in total. The van der Waals surface area contributed by atoms with Crippen molar-refractivity contribution in [2.45, 2.75) is 52.4 Å². The molecule has 0 bridgehead atoms. The van der Waals surface area contributed by atoms with Gasteiger partial charge in [-0.15, -0.1) is 0 Å². The molecular formula is C16H24N2. The maximum atomic E-state index is 9.05. The van der Waals surface area contributed by atoms with Crippen LogP contribution in [0.25, 0.3) is 0 Å². The van der Waals surface area contributed by atoms with E-state index in [0.717, 1.165) is 23.4 Å². The highest BCUT2D eigenvalue weighted by Gasteiger charge is 2.03. The van der Waals surface area contributed by atoms with E-state index in [9.17, 15) is 0 Å². The van der Waals surface area contributed by atoms with Gasteiger partial charge in [-0.3, -0.25) is 0 Å². The van der Waals surface area contributed by atoms with Gasteiger partial charge in [0.2, 0.25) is 0 Å². The summed E-state index contributed by atoms with van der Waals surface area (Å²) in [5.41, 5.74) is 2.91. The van der Waals surface area contributed by atoms with Crippen molar-refractivity contribution in [2.75, 3.05) is 11.9 Å². The molecule has 0 unspecified atom stereocenters. The average molecular weight is 244 g/mol. The van der Waals surface area contributed by atoms with Crippen LogP contribution in [0, 0.1) is 18.3 Å². The quantitative estimate of drug-likeness (QED) is 0.676. The third-order valence-corrected chi connectivity index (χ3v) is 3.23. The van der Waals surface area contributed by atoms with Crippen LogP contribution in [0.2, 0.25) is 0 Å². The predicted molar refractivity (Wildman–Crippen MR) is 77.8 cm³/mol. The van der Waals surface area contributed by atoms with E-state index in [1.807, 2.05) is 25.1 Å². The van der Waals surface area contributed by atoms with Crippen LogP contribution in [-0.2, 0) is 0 Å². The number of hydrogen-bond acceptors (Lipinski definition) is 2. The first-order valence-electron chi connectivity index (χ1n) is 7.03. The van der Waals surface area contributed by atoms with E-state index >= 15 is 0 Å². The standard InChI is InChI=1S/C16H24N2/c1-3-4-5-6-7-8-12-18-16-14(2)10-9-11-15(16)13-17/h9-11,18H,3-8,12H2,1-2H3. The van der Waals surface area contributed by atoms with Gasteiger partial charge in [0.15, 0.2) is 0 Å². The Labute approximate surface area is 111 Å². The number of aryl methyl sites for hydroxylation is 1. The van der Waals surface area contributed by atoms with Crippen molar-refractivity contribution in [2.24, 2.45) is 0 Å². The number of nitriles is 1. The van der Waals surface area contributed by atoms with Crippen LogP contribution < -0.4 is 5.32 Å². The molecule has 0 fully saturated rings. The van der Waals surface area contributed by atoms with Gasteiger partial charge in [0.25, 0.3) is 0 Å². The molecule has 2 heteroatoms. The maximum absolute atomic E-state index is 9.05. The molecule has 0 atom stereocenters. The normalized spacial score (nSPS) is 10.1. The van der Waals surface area contributed by atoms with Crippen LogP contribution in [0.3, 0.4) is 0 Å². The number of anilines is 1. The Bertz CT molecular complexity index is 391. The number of benzene rings is 1. The predicted octanol–water partition coefficient (Wildman–Crippen LogP) is 4.64. The Morgan fingerprint density at radius 1 is 1.11 bits per heavy atom. The third-order valence-electron chi connectivity index (χ3n) is 3.23. The molecule has 0 amide bonds. The van der Waals surface area contributed by atoms with Gasteiger partial charge in [-0.25, -0.2) is 0 Å². The van der Waals surface area contributed by atoms with E-state index in [0.29, 0.717) is 0 Å². The zero-order valence-electron chi connectivity index (χ0n) is 11.6. The molecule has 1 rings (SSSR count). The smallest absolute Gasteiger partial charge is 0.101 e. The lowest BCUT2D eigenvalue weighted by Gasteiger charge is -2.11. The molecule has 98 valence electrons. The average Bonchev–Trinajstić information content (AvgIpc) is 2.39.